The summed E-state index contributed by atoms with van der Waals surface area (Å²) < 4.78 is 11.8. The van der Waals surface area contributed by atoms with Gasteiger partial charge in [0.25, 0.3) is 0 Å². The van der Waals surface area contributed by atoms with Crippen molar-refractivity contribution in [2.75, 3.05) is 7.11 Å². The van der Waals surface area contributed by atoms with Crippen molar-refractivity contribution in [3.8, 4) is 11.5 Å². The van der Waals surface area contributed by atoms with Gasteiger partial charge in [0.15, 0.2) is 4.88 Å². The average molecular weight is 357 g/mol. The zero-order valence-corrected chi connectivity index (χ0v) is 13.4. The predicted molar refractivity (Wildman–Crippen MR) is 81.0 cm³/mol. The van der Waals surface area contributed by atoms with Gasteiger partial charge >= 0.3 is 5.97 Å². The van der Waals surface area contributed by atoms with Gasteiger partial charge in [0.05, 0.1) is 7.11 Å². The maximum atomic E-state index is 11.1. The van der Waals surface area contributed by atoms with Crippen molar-refractivity contribution in [2.24, 2.45) is 0 Å². The van der Waals surface area contributed by atoms with E-state index >= 15 is 0 Å². The molecule has 0 radical (unpaired) electrons. The Kier molecular flexibility index (Phi) is 4.67. The molecule has 0 spiro atoms. The Morgan fingerprint density at radius 2 is 2.10 bits per heavy atom. The van der Waals surface area contributed by atoms with E-state index in [0.29, 0.717) is 11.5 Å². The number of methoxy groups -OCH3 is 1. The van der Waals surface area contributed by atoms with Gasteiger partial charge in [-0.15, -0.1) is 11.3 Å². The number of hydrogen-bond donors (Lipinski definition) is 1. The molecular weight excluding hydrogens is 344 g/mol. The van der Waals surface area contributed by atoms with Gasteiger partial charge in [0, 0.05) is 14.9 Å². The number of aryl methyl sites for hydroxylation is 1. The normalized spacial score (nSPS) is 10.3. The molecule has 1 aromatic heterocycles. The first kappa shape index (κ1) is 14.9. The molecule has 0 saturated heterocycles. The number of carboxylic acid groups (broad SMARTS) is 1. The molecule has 0 unspecified atom stereocenters. The number of aromatic carboxylic acids is 1. The highest BCUT2D eigenvalue weighted by molar-refractivity contribution is 9.10. The van der Waals surface area contributed by atoms with Crippen LogP contribution >= 0.6 is 27.3 Å². The lowest BCUT2D eigenvalue weighted by molar-refractivity contribution is 0.0697. The van der Waals surface area contributed by atoms with Gasteiger partial charge in [0.1, 0.15) is 18.1 Å². The molecule has 0 saturated carbocycles. The fourth-order valence-electron chi connectivity index (χ4n) is 1.76. The zero-order valence-electron chi connectivity index (χ0n) is 11.0. The largest absolute Gasteiger partial charge is 0.496 e. The summed E-state index contributed by atoms with van der Waals surface area (Å²) in [7, 11) is 1.59. The summed E-state index contributed by atoms with van der Waals surface area (Å²) in [6.45, 7) is 2.10. The number of thiophene rings is 1. The minimum absolute atomic E-state index is 0.219. The van der Waals surface area contributed by atoms with Crippen LogP contribution in [0.3, 0.4) is 0 Å². The Morgan fingerprint density at radius 1 is 1.35 bits per heavy atom. The van der Waals surface area contributed by atoms with E-state index in [1.54, 1.807) is 13.2 Å². The summed E-state index contributed by atoms with van der Waals surface area (Å²) in [5.74, 6) is 0.123. The summed E-state index contributed by atoms with van der Waals surface area (Å²) in [5.41, 5.74) is 0.849. The Labute approximate surface area is 129 Å². The molecule has 0 atom stereocenters. The molecule has 0 bridgehead atoms. The third-order valence-corrected chi connectivity index (χ3v) is 4.15. The predicted octanol–water partition coefficient (Wildman–Crippen LogP) is 4.10. The fraction of sp³-hybridized carbons (Fsp3) is 0.214. The number of rotatable bonds is 5. The van der Waals surface area contributed by atoms with Gasteiger partial charge in [-0.05, 0) is 31.2 Å². The average Bonchev–Trinajstić information content (AvgIpc) is 2.78. The van der Waals surface area contributed by atoms with E-state index in [0.717, 1.165) is 14.9 Å². The van der Waals surface area contributed by atoms with Crippen LogP contribution in [0.2, 0.25) is 0 Å². The lowest BCUT2D eigenvalue weighted by atomic mass is 10.2. The monoisotopic (exact) mass is 356 g/mol. The van der Waals surface area contributed by atoms with Crippen LogP contribution in [0.15, 0.2) is 28.7 Å². The van der Waals surface area contributed by atoms with Crippen molar-refractivity contribution in [3.63, 3.8) is 0 Å². The summed E-state index contributed by atoms with van der Waals surface area (Å²) in [6.07, 6.45) is 0. The van der Waals surface area contributed by atoms with Crippen molar-refractivity contribution < 1.29 is 19.4 Å². The van der Waals surface area contributed by atoms with E-state index in [2.05, 4.69) is 15.9 Å². The third kappa shape index (κ3) is 3.32. The second kappa shape index (κ2) is 6.28. The molecule has 0 aliphatic carbocycles. The van der Waals surface area contributed by atoms with Crippen molar-refractivity contribution in [3.05, 3.63) is 44.1 Å². The SMILES string of the molecule is COc1ccc(Br)cc1COc1cc(C)sc1C(=O)O. The molecule has 2 aromatic rings. The van der Waals surface area contributed by atoms with Crippen LogP contribution in [0.4, 0.5) is 0 Å². The van der Waals surface area contributed by atoms with Crippen LogP contribution in [0, 0.1) is 6.92 Å². The third-order valence-electron chi connectivity index (χ3n) is 2.64. The first-order valence-electron chi connectivity index (χ1n) is 5.80. The highest BCUT2D eigenvalue weighted by atomic mass is 79.9. The van der Waals surface area contributed by atoms with Crippen molar-refractivity contribution in [1.29, 1.82) is 0 Å². The summed E-state index contributed by atoms with van der Waals surface area (Å²) in [4.78, 5) is 12.2. The van der Waals surface area contributed by atoms with Gasteiger partial charge in [-0.1, -0.05) is 15.9 Å². The van der Waals surface area contributed by atoms with Gasteiger partial charge in [0.2, 0.25) is 0 Å². The number of hydrogen-bond acceptors (Lipinski definition) is 4. The lowest BCUT2D eigenvalue weighted by Gasteiger charge is -2.10. The highest BCUT2D eigenvalue weighted by Gasteiger charge is 2.16. The van der Waals surface area contributed by atoms with Crippen LogP contribution in [0.25, 0.3) is 0 Å². The van der Waals surface area contributed by atoms with Gasteiger partial charge in [-0.25, -0.2) is 4.79 Å². The van der Waals surface area contributed by atoms with E-state index in [-0.39, 0.29) is 11.5 Å². The van der Waals surface area contributed by atoms with Crippen molar-refractivity contribution in [2.45, 2.75) is 13.5 Å². The van der Waals surface area contributed by atoms with E-state index < -0.39 is 5.97 Å². The molecule has 6 heteroatoms. The summed E-state index contributed by atoms with van der Waals surface area (Å²) in [5, 5.41) is 9.12. The molecule has 0 aliphatic heterocycles. The maximum absolute atomic E-state index is 11.1. The van der Waals surface area contributed by atoms with Crippen LogP contribution in [0.5, 0.6) is 11.5 Å². The Morgan fingerprint density at radius 3 is 2.75 bits per heavy atom. The number of benzene rings is 1. The standard InChI is InChI=1S/C14H13BrO4S/c1-8-5-12(13(20-8)14(16)17)19-7-9-6-10(15)3-4-11(9)18-2/h3-6H,7H2,1-2H3,(H,16,17). The van der Waals surface area contributed by atoms with E-state index in [4.69, 9.17) is 14.6 Å². The molecule has 1 heterocycles. The van der Waals surface area contributed by atoms with Crippen LogP contribution in [-0.2, 0) is 6.61 Å². The van der Waals surface area contributed by atoms with Crippen molar-refractivity contribution >= 4 is 33.2 Å². The smallest absolute Gasteiger partial charge is 0.349 e. The molecule has 1 N–H and O–H groups in total. The minimum Gasteiger partial charge on any atom is -0.496 e. The number of halogens is 1. The molecule has 1 aromatic carbocycles. The first-order valence-corrected chi connectivity index (χ1v) is 7.41. The van der Waals surface area contributed by atoms with Gasteiger partial charge in [-0.2, -0.15) is 0 Å². The summed E-state index contributed by atoms with van der Waals surface area (Å²) in [6, 6.07) is 7.33. The Bertz CT molecular complexity index is 636. The number of carboxylic acids is 1. The fourth-order valence-corrected chi connectivity index (χ4v) is 2.96. The number of ether oxygens (including phenoxy) is 2. The van der Waals surface area contributed by atoms with Crippen molar-refractivity contribution in [1.82, 2.24) is 0 Å². The van der Waals surface area contributed by atoms with E-state index in [1.165, 1.54) is 11.3 Å². The Hall–Kier alpha value is -1.53. The maximum Gasteiger partial charge on any atom is 0.349 e. The molecule has 0 aliphatic rings. The van der Waals surface area contributed by atoms with E-state index in [9.17, 15) is 4.79 Å². The van der Waals surface area contributed by atoms with E-state index in [1.807, 2.05) is 25.1 Å². The second-order valence-corrected chi connectivity index (χ2v) is 6.27. The quantitative estimate of drug-likeness (QED) is 0.875. The van der Waals surface area contributed by atoms with Gasteiger partial charge < -0.3 is 14.6 Å². The first-order chi connectivity index (χ1) is 9.51. The number of carbonyl (C=O) groups is 1. The minimum atomic E-state index is -0.973. The molecular formula is C14H13BrO4S. The molecule has 0 fully saturated rings. The summed E-state index contributed by atoms with van der Waals surface area (Å²) >= 11 is 4.60. The molecule has 0 amide bonds. The van der Waals surface area contributed by atoms with Gasteiger partial charge in [-0.3, -0.25) is 0 Å². The molecule has 4 nitrogen and oxygen atoms in total. The Balaban J connectivity index is 2.20. The van der Waals surface area contributed by atoms with Crippen LogP contribution in [0.1, 0.15) is 20.1 Å². The zero-order chi connectivity index (χ0) is 14.7. The van der Waals surface area contributed by atoms with Crippen LogP contribution in [-0.4, -0.2) is 18.2 Å². The van der Waals surface area contributed by atoms with Crippen LogP contribution < -0.4 is 9.47 Å². The highest BCUT2D eigenvalue weighted by Crippen LogP contribution is 2.31. The molecule has 20 heavy (non-hydrogen) atoms. The molecule has 106 valence electrons. The topological polar surface area (TPSA) is 55.8 Å². The molecule has 2 rings (SSSR count). The second-order valence-electron chi connectivity index (χ2n) is 4.10. The lowest BCUT2D eigenvalue weighted by Crippen LogP contribution is -2.01.